The van der Waals surface area contributed by atoms with Crippen LogP contribution in [0.25, 0.3) is 10.9 Å². The number of nitrogens with one attached hydrogen (secondary N) is 1. The molecule has 0 spiro atoms. The molecule has 4 nitrogen and oxygen atoms in total. The van der Waals surface area contributed by atoms with Gasteiger partial charge in [0.15, 0.2) is 0 Å². The van der Waals surface area contributed by atoms with Gasteiger partial charge < -0.3 is 5.32 Å². The summed E-state index contributed by atoms with van der Waals surface area (Å²) in [5.41, 5.74) is 3.00. The van der Waals surface area contributed by atoms with Crippen molar-refractivity contribution in [1.29, 1.82) is 0 Å². The van der Waals surface area contributed by atoms with Gasteiger partial charge >= 0.3 is 0 Å². The van der Waals surface area contributed by atoms with E-state index in [9.17, 15) is 8.42 Å². The van der Waals surface area contributed by atoms with Crippen LogP contribution >= 0.6 is 0 Å². The van der Waals surface area contributed by atoms with Gasteiger partial charge in [0.2, 0.25) is 0 Å². The van der Waals surface area contributed by atoms with E-state index in [1.807, 2.05) is 31.2 Å². The van der Waals surface area contributed by atoms with Crippen LogP contribution in [0.3, 0.4) is 0 Å². The Kier molecular flexibility index (Phi) is 4.08. The predicted molar refractivity (Wildman–Crippen MR) is 91.0 cm³/mol. The molecule has 2 atom stereocenters. The Labute approximate surface area is 131 Å². The summed E-state index contributed by atoms with van der Waals surface area (Å²) in [5, 5.41) is 4.44. The molecule has 118 valence electrons. The Hall–Kier alpha value is -1.62. The SMILES string of the molecule is Cc1cc(NC2CCCC(S(C)(=O)=O)C2)c2ccccc2n1. The molecule has 1 heterocycles. The van der Waals surface area contributed by atoms with E-state index in [0.29, 0.717) is 6.42 Å². The number of aryl methyl sites for hydroxylation is 1. The molecule has 0 saturated heterocycles. The van der Waals surface area contributed by atoms with Crippen LogP contribution < -0.4 is 5.32 Å². The monoisotopic (exact) mass is 318 g/mol. The lowest BCUT2D eigenvalue weighted by Crippen LogP contribution is -2.34. The second-order valence-electron chi connectivity index (χ2n) is 6.29. The number of para-hydroxylation sites is 1. The Balaban J connectivity index is 1.87. The van der Waals surface area contributed by atoms with Crippen molar-refractivity contribution < 1.29 is 8.42 Å². The molecule has 1 aromatic heterocycles. The van der Waals surface area contributed by atoms with Crippen LogP contribution in [0.1, 0.15) is 31.4 Å². The van der Waals surface area contributed by atoms with Crippen molar-refractivity contribution in [3.8, 4) is 0 Å². The first kappa shape index (κ1) is 15.3. The van der Waals surface area contributed by atoms with Gasteiger partial charge in [-0.15, -0.1) is 0 Å². The van der Waals surface area contributed by atoms with Gasteiger partial charge in [-0.1, -0.05) is 24.6 Å². The van der Waals surface area contributed by atoms with Gasteiger partial charge in [0.25, 0.3) is 0 Å². The lowest BCUT2D eigenvalue weighted by atomic mass is 9.94. The summed E-state index contributed by atoms with van der Waals surface area (Å²) in [6, 6.07) is 10.3. The van der Waals surface area contributed by atoms with Crippen LogP contribution in [0.15, 0.2) is 30.3 Å². The summed E-state index contributed by atoms with van der Waals surface area (Å²) in [4.78, 5) is 4.55. The van der Waals surface area contributed by atoms with E-state index in [-0.39, 0.29) is 11.3 Å². The van der Waals surface area contributed by atoms with Crippen LogP contribution in [0.2, 0.25) is 0 Å². The van der Waals surface area contributed by atoms with E-state index < -0.39 is 9.84 Å². The fraction of sp³-hybridized carbons (Fsp3) is 0.471. The van der Waals surface area contributed by atoms with Gasteiger partial charge in [-0.3, -0.25) is 4.98 Å². The van der Waals surface area contributed by atoms with E-state index in [4.69, 9.17) is 0 Å². The summed E-state index contributed by atoms with van der Waals surface area (Å²) in [6.45, 7) is 1.98. The van der Waals surface area contributed by atoms with Gasteiger partial charge in [0.1, 0.15) is 9.84 Å². The highest BCUT2D eigenvalue weighted by atomic mass is 32.2. The Morgan fingerprint density at radius 1 is 1.23 bits per heavy atom. The Morgan fingerprint density at radius 2 is 2.00 bits per heavy atom. The fourth-order valence-corrected chi connectivity index (χ4v) is 4.49. The molecule has 0 amide bonds. The van der Waals surface area contributed by atoms with Crippen molar-refractivity contribution in [3.05, 3.63) is 36.0 Å². The molecule has 0 radical (unpaired) electrons. The van der Waals surface area contributed by atoms with Crippen molar-refractivity contribution >= 4 is 26.4 Å². The number of anilines is 1. The number of aromatic nitrogens is 1. The highest BCUT2D eigenvalue weighted by Gasteiger charge is 2.29. The van der Waals surface area contributed by atoms with Gasteiger partial charge in [-0.2, -0.15) is 0 Å². The molecule has 0 bridgehead atoms. The van der Waals surface area contributed by atoms with Crippen LogP contribution in [0.4, 0.5) is 5.69 Å². The largest absolute Gasteiger partial charge is 0.382 e. The number of pyridine rings is 1. The molecule has 2 aromatic rings. The highest BCUT2D eigenvalue weighted by molar-refractivity contribution is 7.91. The van der Waals surface area contributed by atoms with Gasteiger partial charge in [0.05, 0.1) is 10.8 Å². The first-order chi connectivity index (χ1) is 10.4. The summed E-state index contributed by atoms with van der Waals surface area (Å²) in [6.07, 6.45) is 4.80. The summed E-state index contributed by atoms with van der Waals surface area (Å²) < 4.78 is 23.6. The normalized spacial score (nSPS) is 22.6. The molecule has 0 aliphatic heterocycles. The topological polar surface area (TPSA) is 59.1 Å². The molecule has 5 heteroatoms. The average molecular weight is 318 g/mol. The molecular formula is C17H22N2O2S. The van der Waals surface area contributed by atoms with Crippen LogP contribution in [-0.4, -0.2) is 30.9 Å². The zero-order valence-corrected chi connectivity index (χ0v) is 13.9. The zero-order valence-electron chi connectivity index (χ0n) is 13.0. The zero-order chi connectivity index (χ0) is 15.7. The Bertz CT molecular complexity index is 786. The molecule has 1 N–H and O–H groups in total. The van der Waals surface area contributed by atoms with E-state index >= 15 is 0 Å². The molecule has 1 aliphatic rings. The standard InChI is InChI=1S/C17H22N2O2S/c1-12-10-17(15-8-3-4-9-16(15)18-12)19-13-6-5-7-14(11-13)22(2,20)21/h3-4,8-10,13-14H,5-7,11H2,1-2H3,(H,18,19). The molecule has 22 heavy (non-hydrogen) atoms. The first-order valence-corrected chi connectivity index (χ1v) is 9.71. The second kappa shape index (κ2) is 5.88. The first-order valence-electron chi connectivity index (χ1n) is 7.75. The van der Waals surface area contributed by atoms with E-state index in [1.54, 1.807) is 0 Å². The Morgan fingerprint density at radius 3 is 2.77 bits per heavy atom. The minimum Gasteiger partial charge on any atom is -0.382 e. The molecule has 1 aromatic carbocycles. The maximum absolute atomic E-state index is 11.8. The van der Waals surface area contributed by atoms with Gasteiger partial charge in [0, 0.05) is 29.1 Å². The number of hydrogen-bond donors (Lipinski definition) is 1. The van der Waals surface area contributed by atoms with Crippen molar-refractivity contribution in [2.75, 3.05) is 11.6 Å². The summed E-state index contributed by atoms with van der Waals surface area (Å²) in [7, 11) is -2.95. The predicted octanol–water partition coefficient (Wildman–Crippen LogP) is 3.31. The fourth-order valence-electron chi connectivity index (χ4n) is 3.31. The van der Waals surface area contributed by atoms with Gasteiger partial charge in [-0.05, 0) is 38.3 Å². The van der Waals surface area contributed by atoms with E-state index in [2.05, 4.69) is 16.4 Å². The van der Waals surface area contributed by atoms with E-state index in [1.165, 1.54) is 6.26 Å². The van der Waals surface area contributed by atoms with Crippen molar-refractivity contribution in [2.45, 2.75) is 43.9 Å². The van der Waals surface area contributed by atoms with E-state index in [0.717, 1.165) is 41.5 Å². The van der Waals surface area contributed by atoms with Crippen LogP contribution in [0, 0.1) is 6.92 Å². The number of sulfone groups is 1. The third-order valence-electron chi connectivity index (χ3n) is 4.44. The highest BCUT2D eigenvalue weighted by Crippen LogP contribution is 2.29. The lowest BCUT2D eigenvalue weighted by Gasteiger charge is -2.29. The number of benzene rings is 1. The van der Waals surface area contributed by atoms with Gasteiger partial charge in [-0.25, -0.2) is 8.42 Å². The molecule has 3 rings (SSSR count). The van der Waals surface area contributed by atoms with Crippen LogP contribution in [-0.2, 0) is 9.84 Å². The number of nitrogens with zero attached hydrogens (tertiary/aromatic N) is 1. The maximum atomic E-state index is 11.8. The lowest BCUT2D eigenvalue weighted by molar-refractivity contribution is 0.453. The summed E-state index contributed by atoms with van der Waals surface area (Å²) in [5.74, 6) is 0. The van der Waals surface area contributed by atoms with Crippen molar-refractivity contribution in [2.24, 2.45) is 0 Å². The summed E-state index contributed by atoms with van der Waals surface area (Å²) >= 11 is 0. The van der Waals surface area contributed by atoms with Crippen LogP contribution in [0.5, 0.6) is 0 Å². The average Bonchev–Trinajstić information content (AvgIpc) is 2.46. The third-order valence-corrected chi connectivity index (χ3v) is 6.07. The molecule has 1 saturated carbocycles. The maximum Gasteiger partial charge on any atom is 0.150 e. The number of fused-ring (bicyclic) bond motifs is 1. The number of rotatable bonds is 3. The molecule has 1 fully saturated rings. The van der Waals surface area contributed by atoms with Crippen molar-refractivity contribution in [1.82, 2.24) is 4.98 Å². The molecular weight excluding hydrogens is 296 g/mol. The minimum atomic E-state index is -2.95. The third kappa shape index (κ3) is 3.24. The van der Waals surface area contributed by atoms with Crippen molar-refractivity contribution in [3.63, 3.8) is 0 Å². The number of hydrogen-bond acceptors (Lipinski definition) is 4. The molecule has 2 unspecified atom stereocenters. The quantitative estimate of drug-likeness (QED) is 0.943. The second-order valence-corrected chi connectivity index (χ2v) is 8.61. The minimum absolute atomic E-state index is 0.207. The smallest absolute Gasteiger partial charge is 0.150 e. The molecule has 1 aliphatic carbocycles.